The Morgan fingerprint density at radius 2 is 1.94 bits per heavy atom. The van der Waals surface area contributed by atoms with Gasteiger partial charge in [-0.3, -0.25) is 4.79 Å². The molecule has 1 aromatic carbocycles. The van der Waals surface area contributed by atoms with Crippen molar-refractivity contribution >= 4 is 17.3 Å². The van der Waals surface area contributed by atoms with E-state index in [2.05, 4.69) is 0 Å². The van der Waals surface area contributed by atoms with Crippen LogP contribution in [-0.2, 0) is 4.79 Å². The van der Waals surface area contributed by atoms with Crippen LogP contribution in [0.25, 0.3) is 0 Å². The van der Waals surface area contributed by atoms with Crippen LogP contribution in [0.2, 0.25) is 0 Å². The highest BCUT2D eigenvalue weighted by Crippen LogP contribution is 2.20. The van der Waals surface area contributed by atoms with E-state index in [0.717, 1.165) is 16.9 Å². The van der Waals surface area contributed by atoms with E-state index in [1.165, 1.54) is 0 Å². The van der Waals surface area contributed by atoms with Gasteiger partial charge in [-0.2, -0.15) is 0 Å². The lowest BCUT2D eigenvalue weighted by molar-refractivity contribution is -0.127. The first-order valence-corrected chi connectivity index (χ1v) is 5.19. The number of likely N-dealkylation sites (N-methyl/N-ethyl adjacent to an activating group) is 2. The van der Waals surface area contributed by atoms with E-state index >= 15 is 0 Å². The molecule has 0 radical (unpaired) electrons. The zero-order chi connectivity index (χ0) is 12.3. The lowest BCUT2D eigenvalue weighted by Gasteiger charge is -2.22. The summed E-state index contributed by atoms with van der Waals surface area (Å²) in [6.07, 6.45) is 0. The molecule has 4 heteroatoms. The zero-order valence-electron chi connectivity index (χ0n) is 10.3. The van der Waals surface area contributed by atoms with Crippen molar-refractivity contribution in [2.75, 3.05) is 38.3 Å². The SMILES string of the molecule is Cc1cc(N)ccc1N(C)CC(=O)N(C)C. The van der Waals surface area contributed by atoms with Gasteiger partial charge in [-0.25, -0.2) is 0 Å². The molecule has 0 fully saturated rings. The number of nitrogens with zero attached hydrogens (tertiary/aromatic N) is 2. The van der Waals surface area contributed by atoms with Crippen molar-refractivity contribution in [2.45, 2.75) is 6.92 Å². The molecule has 88 valence electrons. The van der Waals surface area contributed by atoms with Crippen molar-refractivity contribution in [3.8, 4) is 0 Å². The number of nitrogens with two attached hydrogens (primary N) is 1. The Hall–Kier alpha value is -1.71. The van der Waals surface area contributed by atoms with Crippen LogP contribution in [0.3, 0.4) is 0 Å². The maximum Gasteiger partial charge on any atom is 0.241 e. The van der Waals surface area contributed by atoms with Crippen molar-refractivity contribution in [1.29, 1.82) is 0 Å². The number of aryl methyl sites for hydroxylation is 1. The largest absolute Gasteiger partial charge is 0.399 e. The molecule has 0 aliphatic carbocycles. The van der Waals surface area contributed by atoms with Crippen LogP contribution in [0.4, 0.5) is 11.4 Å². The maximum absolute atomic E-state index is 11.6. The fourth-order valence-electron chi connectivity index (χ4n) is 1.54. The van der Waals surface area contributed by atoms with Gasteiger partial charge in [0.25, 0.3) is 0 Å². The number of hydrogen-bond acceptors (Lipinski definition) is 3. The number of amides is 1. The highest BCUT2D eigenvalue weighted by molar-refractivity contribution is 5.81. The van der Waals surface area contributed by atoms with Gasteiger partial charge in [-0.1, -0.05) is 0 Å². The molecule has 0 heterocycles. The first kappa shape index (κ1) is 12.4. The predicted molar refractivity (Wildman–Crippen MR) is 67.6 cm³/mol. The number of benzene rings is 1. The summed E-state index contributed by atoms with van der Waals surface area (Å²) in [5.41, 5.74) is 8.54. The van der Waals surface area contributed by atoms with Gasteiger partial charge in [-0.15, -0.1) is 0 Å². The monoisotopic (exact) mass is 221 g/mol. The summed E-state index contributed by atoms with van der Waals surface area (Å²) in [5, 5.41) is 0. The molecule has 2 N–H and O–H groups in total. The van der Waals surface area contributed by atoms with Gasteiger partial charge in [0.05, 0.1) is 6.54 Å². The zero-order valence-corrected chi connectivity index (χ0v) is 10.3. The molecule has 16 heavy (non-hydrogen) atoms. The third-order valence-corrected chi connectivity index (χ3v) is 2.50. The van der Waals surface area contributed by atoms with Gasteiger partial charge in [0.1, 0.15) is 0 Å². The molecule has 0 saturated carbocycles. The number of carbonyl (C=O) groups is 1. The Morgan fingerprint density at radius 1 is 1.31 bits per heavy atom. The standard InChI is InChI=1S/C12H19N3O/c1-9-7-10(13)5-6-11(9)15(4)8-12(16)14(2)3/h5-7H,8,13H2,1-4H3. The second-order valence-corrected chi connectivity index (χ2v) is 4.19. The lowest BCUT2D eigenvalue weighted by atomic mass is 10.1. The van der Waals surface area contributed by atoms with Crippen LogP contribution in [0.5, 0.6) is 0 Å². The fourth-order valence-corrected chi connectivity index (χ4v) is 1.54. The van der Waals surface area contributed by atoms with E-state index in [1.807, 2.05) is 37.1 Å². The van der Waals surface area contributed by atoms with Crippen molar-refractivity contribution in [3.05, 3.63) is 23.8 Å². The minimum Gasteiger partial charge on any atom is -0.399 e. The molecule has 0 bridgehead atoms. The van der Waals surface area contributed by atoms with E-state index in [9.17, 15) is 4.79 Å². The highest BCUT2D eigenvalue weighted by Gasteiger charge is 2.10. The molecule has 1 amide bonds. The summed E-state index contributed by atoms with van der Waals surface area (Å²) in [7, 11) is 5.41. The molecule has 0 aliphatic rings. The Morgan fingerprint density at radius 3 is 2.44 bits per heavy atom. The minimum absolute atomic E-state index is 0.0822. The summed E-state index contributed by atoms with van der Waals surface area (Å²) in [5.74, 6) is 0.0822. The predicted octanol–water partition coefficient (Wildman–Crippen LogP) is 1.10. The van der Waals surface area contributed by atoms with E-state index in [4.69, 9.17) is 5.73 Å². The lowest BCUT2D eigenvalue weighted by Crippen LogP contribution is -2.34. The van der Waals surface area contributed by atoms with Crippen molar-refractivity contribution < 1.29 is 4.79 Å². The van der Waals surface area contributed by atoms with Gasteiger partial charge in [-0.05, 0) is 30.7 Å². The molecule has 0 unspecified atom stereocenters. The van der Waals surface area contributed by atoms with Crippen molar-refractivity contribution in [2.24, 2.45) is 0 Å². The third-order valence-electron chi connectivity index (χ3n) is 2.50. The quantitative estimate of drug-likeness (QED) is 0.778. The molecule has 0 spiro atoms. The van der Waals surface area contributed by atoms with Gasteiger partial charge in [0, 0.05) is 32.5 Å². The molecule has 0 aliphatic heterocycles. The van der Waals surface area contributed by atoms with E-state index in [-0.39, 0.29) is 5.91 Å². The third kappa shape index (κ3) is 2.89. The van der Waals surface area contributed by atoms with E-state index < -0.39 is 0 Å². The number of hydrogen-bond donors (Lipinski definition) is 1. The summed E-state index contributed by atoms with van der Waals surface area (Å²) in [4.78, 5) is 15.1. The summed E-state index contributed by atoms with van der Waals surface area (Å²) in [6, 6.07) is 5.69. The Kier molecular flexibility index (Phi) is 3.77. The molecular weight excluding hydrogens is 202 g/mol. The Labute approximate surface area is 96.6 Å². The van der Waals surface area contributed by atoms with E-state index in [0.29, 0.717) is 6.54 Å². The molecular formula is C12H19N3O. The second kappa shape index (κ2) is 4.88. The summed E-state index contributed by atoms with van der Waals surface area (Å²) >= 11 is 0. The highest BCUT2D eigenvalue weighted by atomic mass is 16.2. The first-order chi connectivity index (χ1) is 7.41. The van der Waals surface area contributed by atoms with Crippen LogP contribution in [0, 0.1) is 6.92 Å². The minimum atomic E-state index is 0.0822. The topological polar surface area (TPSA) is 49.6 Å². The molecule has 0 saturated heterocycles. The number of rotatable bonds is 3. The molecule has 1 aromatic rings. The Balaban J connectivity index is 2.80. The smallest absolute Gasteiger partial charge is 0.241 e. The van der Waals surface area contributed by atoms with Crippen LogP contribution in [0.15, 0.2) is 18.2 Å². The molecule has 4 nitrogen and oxygen atoms in total. The van der Waals surface area contributed by atoms with Gasteiger partial charge >= 0.3 is 0 Å². The number of nitrogen functional groups attached to an aromatic ring is 1. The van der Waals surface area contributed by atoms with Crippen LogP contribution in [0.1, 0.15) is 5.56 Å². The van der Waals surface area contributed by atoms with E-state index in [1.54, 1.807) is 19.0 Å². The maximum atomic E-state index is 11.6. The summed E-state index contributed by atoms with van der Waals surface area (Å²) in [6.45, 7) is 2.36. The van der Waals surface area contributed by atoms with Crippen LogP contribution < -0.4 is 10.6 Å². The number of anilines is 2. The van der Waals surface area contributed by atoms with Crippen molar-refractivity contribution in [1.82, 2.24) is 4.90 Å². The summed E-state index contributed by atoms with van der Waals surface area (Å²) < 4.78 is 0. The fraction of sp³-hybridized carbons (Fsp3) is 0.417. The normalized spacial score (nSPS) is 10.0. The molecule has 0 atom stereocenters. The van der Waals surface area contributed by atoms with Gasteiger partial charge in [0.15, 0.2) is 0 Å². The average Bonchev–Trinajstić information content (AvgIpc) is 2.16. The van der Waals surface area contributed by atoms with Crippen LogP contribution in [-0.4, -0.2) is 38.5 Å². The Bertz CT molecular complexity index is 388. The average molecular weight is 221 g/mol. The molecule has 1 rings (SSSR count). The first-order valence-electron chi connectivity index (χ1n) is 5.19. The van der Waals surface area contributed by atoms with Crippen molar-refractivity contribution in [3.63, 3.8) is 0 Å². The molecule has 0 aromatic heterocycles. The number of carbonyl (C=O) groups excluding carboxylic acids is 1. The van der Waals surface area contributed by atoms with Gasteiger partial charge < -0.3 is 15.5 Å². The van der Waals surface area contributed by atoms with Crippen LogP contribution >= 0.6 is 0 Å². The second-order valence-electron chi connectivity index (χ2n) is 4.19. The van der Waals surface area contributed by atoms with Gasteiger partial charge in [0.2, 0.25) is 5.91 Å².